The van der Waals surface area contributed by atoms with Gasteiger partial charge in [0.2, 0.25) is 0 Å². The zero-order valence-electron chi connectivity index (χ0n) is 34.7. The van der Waals surface area contributed by atoms with E-state index in [2.05, 4.69) is 214 Å². The van der Waals surface area contributed by atoms with Gasteiger partial charge in [0.15, 0.2) is 0 Å². The van der Waals surface area contributed by atoms with Gasteiger partial charge in [-0.15, -0.1) is 0 Å². The summed E-state index contributed by atoms with van der Waals surface area (Å²) in [6.45, 7) is 26.7. The minimum Gasteiger partial charge on any atom is -1.00 e. The van der Waals surface area contributed by atoms with Crippen LogP contribution in [-0.4, -0.2) is 2.33 Å². The van der Waals surface area contributed by atoms with Gasteiger partial charge in [0.25, 0.3) is 0 Å². The predicted molar refractivity (Wildman–Crippen MR) is 229 cm³/mol. The molecule has 5 heteroatoms. The Kier molecular flexibility index (Phi) is 11.6. The molecule has 0 radical (unpaired) electrons. The number of rotatable bonds is 10. The van der Waals surface area contributed by atoms with Crippen molar-refractivity contribution in [2.75, 3.05) is 0 Å². The van der Waals surface area contributed by atoms with Crippen molar-refractivity contribution in [3.05, 3.63) is 172 Å². The summed E-state index contributed by atoms with van der Waals surface area (Å²) >= 11 is -10.5. The maximum absolute atomic E-state index is 5.24. The fraction of sp³-hybridized carbons (Fsp3) is 0.360. The minimum atomic E-state index is -5.24. The maximum atomic E-state index is 3.08. The van der Waals surface area contributed by atoms with Gasteiger partial charge in [-0.25, -0.2) is 0 Å². The zero-order valence-corrected chi connectivity index (χ0v) is 42.2. The SMILES string of the molecule is CC1C=CC=[C]1[Zr+]([C]1=CC=CC1C)([C]1=CC=CC1C)([C]1=CC=CC1C)[Si](C)(C)[Zr+]([C]1=CC=CC1C)([C]1=CC=CC1C)([C]1=CC=CC1C)[C]1=CC=CC1C.[Cl-].[Cl-]. The van der Waals surface area contributed by atoms with E-state index in [1.807, 2.05) is 26.2 Å². The third-order valence-electron chi connectivity index (χ3n) is 16.4. The number of hydrogen-bond acceptors (Lipinski definition) is 0. The second-order valence-electron chi connectivity index (χ2n) is 18.5. The largest absolute Gasteiger partial charge is 1.00 e. The fourth-order valence-electron chi connectivity index (χ4n) is 15.0. The third kappa shape index (κ3) is 4.81. The van der Waals surface area contributed by atoms with Crippen molar-refractivity contribution in [2.45, 2.75) is 68.5 Å². The van der Waals surface area contributed by atoms with Crippen molar-refractivity contribution >= 4 is 2.33 Å². The summed E-state index contributed by atoms with van der Waals surface area (Å²) in [5.74, 6) is 3.05. The van der Waals surface area contributed by atoms with Crippen LogP contribution in [0.3, 0.4) is 0 Å². The molecule has 0 saturated carbocycles. The molecule has 8 aliphatic rings. The van der Waals surface area contributed by atoms with Crippen LogP contribution in [0.4, 0.5) is 0 Å². The van der Waals surface area contributed by atoms with E-state index in [0.29, 0.717) is 47.3 Å². The van der Waals surface area contributed by atoms with Crippen LogP contribution < -0.4 is 24.8 Å². The quantitative estimate of drug-likeness (QED) is 0.197. The first kappa shape index (κ1) is 43.0. The molecule has 0 N–H and O–H groups in total. The van der Waals surface area contributed by atoms with E-state index in [1.165, 1.54) is 0 Å². The van der Waals surface area contributed by atoms with Crippen molar-refractivity contribution in [1.82, 2.24) is 0 Å². The Hall–Kier alpha value is -1.60. The van der Waals surface area contributed by atoms with Gasteiger partial charge in [0, 0.05) is 0 Å². The molecular formula is C50H62Cl2SiZr2. The maximum Gasteiger partial charge on any atom is -1.00 e. The Bertz CT molecular complexity index is 1730. The Morgan fingerprint density at radius 1 is 0.291 bits per heavy atom. The molecule has 8 unspecified atom stereocenters. The Morgan fingerprint density at radius 2 is 0.418 bits per heavy atom. The molecule has 55 heavy (non-hydrogen) atoms. The molecular weight excluding hydrogens is 882 g/mol. The summed E-state index contributed by atoms with van der Waals surface area (Å²) in [5, 5.41) is 0. The molecule has 0 amide bonds. The summed E-state index contributed by atoms with van der Waals surface area (Å²) in [4.78, 5) is 0. The van der Waals surface area contributed by atoms with Gasteiger partial charge in [-0.3, -0.25) is 0 Å². The fourth-order valence-corrected chi connectivity index (χ4v) is 219. The van der Waals surface area contributed by atoms with E-state index in [0.717, 1.165) is 0 Å². The molecule has 0 fully saturated rings. The van der Waals surface area contributed by atoms with Gasteiger partial charge in [-0.1, -0.05) is 0 Å². The molecule has 0 aliphatic heterocycles. The van der Waals surface area contributed by atoms with E-state index in [-0.39, 0.29) is 24.8 Å². The smallest absolute Gasteiger partial charge is 1.00 e. The topological polar surface area (TPSA) is 0 Å². The average molecular weight is 944 g/mol. The summed E-state index contributed by atoms with van der Waals surface area (Å²) in [6.07, 6.45) is 62.2. The number of allylic oxidation sites excluding steroid dienone is 32. The van der Waals surface area contributed by atoms with E-state index in [4.69, 9.17) is 0 Å². The summed E-state index contributed by atoms with van der Waals surface area (Å²) in [7, 11) is 0. The third-order valence-corrected chi connectivity index (χ3v) is 151. The van der Waals surface area contributed by atoms with Crippen LogP contribution in [-0.2, 0) is 35.9 Å². The molecule has 0 nitrogen and oxygen atoms in total. The van der Waals surface area contributed by atoms with Crippen molar-refractivity contribution in [3.63, 3.8) is 0 Å². The first-order valence-electron chi connectivity index (χ1n) is 20.7. The van der Waals surface area contributed by atoms with Crippen molar-refractivity contribution in [1.29, 1.82) is 0 Å². The number of halogens is 2. The minimum absolute atomic E-state index is 0. The van der Waals surface area contributed by atoms with Crippen LogP contribution in [0.2, 0.25) is 13.1 Å². The Morgan fingerprint density at radius 3 is 0.509 bits per heavy atom. The van der Waals surface area contributed by atoms with Crippen LogP contribution in [0, 0.1) is 47.3 Å². The van der Waals surface area contributed by atoms with Gasteiger partial charge in [-0.05, 0) is 0 Å². The van der Waals surface area contributed by atoms with Gasteiger partial charge in [-0.2, -0.15) is 0 Å². The summed E-state index contributed by atoms with van der Waals surface area (Å²) in [5.41, 5.74) is 0. The molecule has 8 rings (SSSR count). The summed E-state index contributed by atoms with van der Waals surface area (Å²) in [6, 6.07) is 0. The second-order valence-corrected chi connectivity index (χ2v) is 84.7. The standard InChI is InChI=1S/8C6H7.C2H6Si.2ClH.2Zr/c8*1-6-4-2-3-5-6;1-3-2;;;;/h8*2-4,6H,1H3;1-2H3;2*1H;;/q;;;;;;;;;;;2*+1/p-2. The van der Waals surface area contributed by atoms with E-state index < -0.39 is 38.2 Å². The number of hydrogen-bond donors (Lipinski definition) is 0. The second kappa shape index (κ2) is 14.9. The molecule has 0 saturated heterocycles. The van der Waals surface area contributed by atoms with E-state index in [1.54, 1.807) is 0 Å². The van der Waals surface area contributed by atoms with E-state index >= 15 is 0 Å². The average Bonchev–Trinajstić information content (AvgIpc) is 3.95. The van der Waals surface area contributed by atoms with Gasteiger partial charge in [0.1, 0.15) is 0 Å². The molecule has 0 aromatic heterocycles. The van der Waals surface area contributed by atoms with Gasteiger partial charge < -0.3 is 24.8 Å². The molecule has 8 atom stereocenters. The summed E-state index contributed by atoms with van der Waals surface area (Å²) < 4.78 is 11.8. The molecule has 288 valence electrons. The molecule has 0 spiro atoms. The first-order valence-corrected chi connectivity index (χ1v) is 40.9. The van der Waals surface area contributed by atoms with Crippen molar-refractivity contribution in [2.24, 2.45) is 47.3 Å². The Balaban J connectivity index is 0.00000257. The Labute approximate surface area is 347 Å². The molecule has 0 aromatic carbocycles. The molecule has 0 heterocycles. The molecule has 0 aromatic rings. The van der Waals surface area contributed by atoms with Crippen molar-refractivity contribution in [3.8, 4) is 0 Å². The van der Waals surface area contributed by atoms with Crippen LogP contribution in [0.1, 0.15) is 55.4 Å². The first-order chi connectivity index (χ1) is 25.3. The molecule has 8 aliphatic carbocycles. The monoisotopic (exact) mass is 940 g/mol. The molecule has 0 bridgehead atoms. The van der Waals surface area contributed by atoms with Gasteiger partial charge in [0.05, 0.1) is 0 Å². The zero-order chi connectivity index (χ0) is 37.6. The van der Waals surface area contributed by atoms with E-state index in [9.17, 15) is 0 Å². The predicted octanol–water partition coefficient (Wildman–Crippen LogP) is 7.79. The van der Waals surface area contributed by atoms with Crippen LogP contribution in [0.25, 0.3) is 0 Å². The van der Waals surface area contributed by atoms with Crippen LogP contribution in [0.15, 0.2) is 172 Å². The van der Waals surface area contributed by atoms with Crippen molar-refractivity contribution < 1.29 is 60.7 Å². The normalized spacial score (nSPS) is 32.1. The van der Waals surface area contributed by atoms with Gasteiger partial charge >= 0.3 is 326 Å². The van der Waals surface area contributed by atoms with Crippen LogP contribution >= 0.6 is 0 Å². The van der Waals surface area contributed by atoms with Crippen LogP contribution in [0.5, 0.6) is 0 Å².